The van der Waals surface area contributed by atoms with Crippen LogP contribution in [-0.2, 0) is 12.7 Å². The quantitative estimate of drug-likeness (QED) is 0.165. The fraction of sp³-hybridized carbons (Fsp3) is 0.333. The van der Waals surface area contributed by atoms with Crippen LogP contribution in [0.3, 0.4) is 0 Å². The molecule has 0 aliphatic carbocycles. The van der Waals surface area contributed by atoms with Crippen LogP contribution in [0.4, 0.5) is 18.9 Å². The Bertz CT molecular complexity index is 1430. The molecule has 1 atom stereocenters. The molecule has 1 fully saturated rings. The van der Waals surface area contributed by atoms with Gasteiger partial charge >= 0.3 is 6.18 Å². The van der Waals surface area contributed by atoms with Gasteiger partial charge in [-0.1, -0.05) is 97.4 Å². The monoisotopic (exact) mass is 657 g/mol. The summed E-state index contributed by atoms with van der Waals surface area (Å²) in [5, 5.41) is 3.14. The molecule has 1 aliphatic heterocycles. The van der Waals surface area contributed by atoms with E-state index in [-0.39, 0.29) is 35.8 Å². The Labute approximate surface area is 275 Å². The number of nitrogens with zero attached hydrogens (tertiary/aromatic N) is 2. The Morgan fingerprint density at radius 2 is 1.47 bits per heavy atom. The molecule has 1 saturated heterocycles. The first-order valence-electron chi connectivity index (χ1n) is 15.1. The van der Waals surface area contributed by atoms with Crippen LogP contribution in [0.2, 0.25) is 5.02 Å². The second kappa shape index (κ2) is 16.4. The Balaban J connectivity index is 0.00000461. The zero-order valence-electron chi connectivity index (χ0n) is 25.3. The molecule has 4 nitrogen and oxygen atoms in total. The largest absolute Gasteiger partial charge is 0.493 e. The maximum atomic E-state index is 13.7. The van der Waals surface area contributed by atoms with Crippen molar-refractivity contribution in [2.24, 2.45) is 5.92 Å². The lowest BCUT2D eigenvalue weighted by Crippen LogP contribution is -2.43. The van der Waals surface area contributed by atoms with Crippen LogP contribution < -0.4 is 15.0 Å². The van der Waals surface area contributed by atoms with Crippen LogP contribution in [0.25, 0.3) is 0 Å². The molecule has 0 spiro atoms. The summed E-state index contributed by atoms with van der Waals surface area (Å²) in [7, 11) is 0. The van der Waals surface area contributed by atoms with Gasteiger partial charge in [-0.3, -0.25) is 4.90 Å². The van der Waals surface area contributed by atoms with Crippen molar-refractivity contribution in [1.82, 2.24) is 10.2 Å². The lowest BCUT2D eigenvalue weighted by Gasteiger charge is -2.31. The number of alkyl halides is 3. The number of nitrogens with one attached hydrogen (secondary N) is 1. The fourth-order valence-electron chi connectivity index (χ4n) is 5.82. The predicted octanol–water partition coefficient (Wildman–Crippen LogP) is 8.54. The molecule has 0 aromatic heterocycles. The first-order valence-corrected chi connectivity index (χ1v) is 15.5. The number of halogens is 5. The van der Waals surface area contributed by atoms with E-state index in [1.54, 1.807) is 6.07 Å². The number of hydrogen-bond acceptors (Lipinski definition) is 4. The van der Waals surface area contributed by atoms with E-state index in [1.807, 2.05) is 48.5 Å². The lowest BCUT2D eigenvalue weighted by molar-refractivity contribution is -0.137. The zero-order valence-corrected chi connectivity index (χ0v) is 26.9. The third-order valence-corrected chi connectivity index (χ3v) is 8.47. The highest BCUT2D eigenvalue weighted by Crippen LogP contribution is 2.37. The van der Waals surface area contributed by atoms with E-state index in [0.717, 1.165) is 54.8 Å². The number of anilines is 1. The third-order valence-electron chi connectivity index (χ3n) is 8.03. The molecule has 9 heteroatoms. The number of benzene rings is 4. The standard InChI is InChI=1S/C36H39ClF3N3O.ClH/c1-27(26-44-32-16-9-15-31(22-32)43-20-18-41-19-21-43)23-42(24-30-14-8-17-34(35(30)37)36(38,39)40)25-33(28-10-4-2-5-11-28)29-12-6-3-7-13-29;/h2-17,22,27,33,41H,18-21,23-26H2,1H3;1H/t27-;/m1./s1. The van der Waals surface area contributed by atoms with Crippen LogP contribution >= 0.6 is 24.0 Å². The van der Waals surface area contributed by atoms with Gasteiger partial charge in [-0.05, 0) is 34.9 Å². The highest BCUT2D eigenvalue weighted by Gasteiger charge is 2.34. The van der Waals surface area contributed by atoms with Gasteiger partial charge in [0.15, 0.2) is 0 Å². The smallest absolute Gasteiger partial charge is 0.417 e. The van der Waals surface area contributed by atoms with Crippen LogP contribution in [0.15, 0.2) is 103 Å². The second-order valence-corrected chi connectivity index (χ2v) is 11.9. The SMILES string of the molecule is C[C@@H](COc1cccc(N2CCNCC2)c1)CN(Cc1cccc(C(F)(F)F)c1Cl)CC(c1ccccc1)c1ccccc1.Cl. The van der Waals surface area contributed by atoms with E-state index in [4.69, 9.17) is 16.3 Å². The van der Waals surface area contributed by atoms with Crippen molar-refractivity contribution in [2.75, 3.05) is 50.8 Å². The molecule has 0 unspecified atom stereocenters. The van der Waals surface area contributed by atoms with Crippen molar-refractivity contribution < 1.29 is 17.9 Å². The summed E-state index contributed by atoms with van der Waals surface area (Å²) < 4.78 is 47.4. The topological polar surface area (TPSA) is 27.7 Å². The van der Waals surface area contributed by atoms with Crippen molar-refractivity contribution in [1.29, 1.82) is 0 Å². The summed E-state index contributed by atoms with van der Waals surface area (Å²) in [6.07, 6.45) is -4.52. The molecule has 45 heavy (non-hydrogen) atoms. The molecule has 1 heterocycles. The van der Waals surface area contributed by atoms with Gasteiger partial charge in [-0.2, -0.15) is 13.2 Å². The average Bonchev–Trinajstić information content (AvgIpc) is 3.04. The number of piperazine rings is 1. The molecule has 4 aromatic carbocycles. The molecular formula is C36H40Cl2F3N3O. The Kier molecular flexibility index (Phi) is 12.6. The molecule has 0 radical (unpaired) electrons. The molecule has 1 aliphatic rings. The van der Waals surface area contributed by atoms with E-state index in [0.29, 0.717) is 25.3 Å². The maximum Gasteiger partial charge on any atom is 0.417 e. The number of ether oxygens (including phenoxy) is 1. The minimum atomic E-state index is -4.52. The van der Waals surface area contributed by atoms with Crippen LogP contribution in [0.1, 0.15) is 35.1 Å². The summed E-state index contributed by atoms with van der Waals surface area (Å²) in [5.74, 6) is 0.923. The summed E-state index contributed by atoms with van der Waals surface area (Å²) >= 11 is 6.39. The maximum absolute atomic E-state index is 13.7. The molecular weight excluding hydrogens is 618 g/mol. The minimum Gasteiger partial charge on any atom is -0.493 e. The van der Waals surface area contributed by atoms with Crippen molar-refractivity contribution in [3.8, 4) is 5.75 Å². The Morgan fingerprint density at radius 3 is 2.09 bits per heavy atom. The Hall–Kier alpha value is -3.23. The molecule has 4 aromatic rings. The van der Waals surface area contributed by atoms with Gasteiger partial charge in [0.25, 0.3) is 0 Å². The van der Waals surface area contributed by atoms with Crippen molar-refractivity contribution in [2.45, 2.75) is 25.6 Å². The van der Waals surface area contributed by atoms with Gasteiger partial charge in [-0.25, -0.2) is 0 Å². The zero-order chi connectivity index (χ0) is 30.9. The molecule has 0 saturated carbocycles. The minimum absolute atomic E-state index is 0. The van der Waals surface area contributed by atoms with Gasteiger partial charge in [0.05, 0.1) is 17.2 Å². The first-order chi connectivity index (χ1) is 21.3. The van der Waals surface area contributed by atoms with E-state index >= 15 is 0 Å². The summed E-state index contributed by atoms with van der Waals surface area (Å²) in [4.78, 5) is 4.55. The predicted molar refractivity (Wildman–Crippen MR) is 180 cm³/mol. The summed E-state index contributed by atoms with van der Waals surface area (Å²) in [6.45, 7) is 7.90. The molecule has 240 valence electrons. The van der Waals surface area contributed by atoms with Crippen molar-refractivity contribution in [3.63, 3.8) is 0 Å². The van der Waals surface area contributed by atoms with E-state index in [1.165, 1.54) is 6.07 Å². The van der Waals surface area contributed by atoms with Crippen LogP contribution in [0.5, 0.6) is 5.75 Å². The van der Waals surface area contributed by atoms with Crippen LogP contribution in [-0.4, -0.2) is 50.8 Å². The fourth-order valence-corrected chi connectivity index (χ4v) is 6.12. The van der Waals surface area contributed by atoms with Crippen molar-refractivity contribution >= 4 is 29.7 Å². The van der Waals surface area contributed by atoms with Gasteiger partial charge in [0.2, 0.25) is 0 Å². The van der Waals surface area contributed by atoms with Crippen molar-refractivity contribution in [3.05, 3.63) is 130 Å². The average molecular weight is 659 g/mol. The lowest BCUT2D eigenvalue weighted by atomic mass is 9.90. The molecule has 5 rings (SSSR count). The number of hydrogen-bond donors (Lipinski definition) is 1. The highest BCUT2D eigenvalue weighted by atomic mass is 35.5. The third kappa shape index (κ3) is 9.63. The van der Waals surface area contributed by atoms with E-state index < -0.39 is 11.7 Å². The highest BCUT2D eigenvalue weighted by molar-refractivity contribution is 6.32. The van der Waals surface area contributed by atoms with Gasteiger partial charge in [0.1, 0.15) is 5.75 Å². The Morgan fingerprint density at radius 1 is 0.844 bits per heavy atom. The first kappa shape index (κ1) is 34.6. The molecule has 1 N–H and O–H groups in total. The molecule has 0 bridgehead atoms. The van der Waals surface area contributed by atoms with E-state index in [9.17, 15) is 13.2 Å². The van der Waals surface area contributed by atoms with Gasteiger partial charge in [-0.15, -0.1) is 12.4 Å². The number of rotatable bonds is 12. The van der Waals surface area contributed by atoms with Crippen LogP contribution in [0, 0.1) is 5.92 Å². The summed E-state index contributed by atoms with van der Waals surface area (Å²) in [6, 6.07) is 32.8. The second-order valence-electron chi connectivity index (χ2n) is 11.5. The van der Waals surface area contributed by atoms with Gasteiger partial charge < -0.3 is 15.0 Å². The molecule has 0 amide bonds. The normalized spacial score (nSPS) is 14.3. The summed E-state index contributed by atoms with van der Waals surface area (Å²) in [5.41, 5.74) is 3.09. The van der Waals surface area contributed by atoms with E-state index in [2.05, 4.69) is 58.4 Å². The van der Waals surface area contributed by atoms with Gasteiger partial charge in [0, 0.05) is 69.4 Å².